The van der Waals surface area contributed by atoms with Crippen molar-refractivity contribution >= 4 is 34.9 Å². The van der Waals surface area contributed by atoms with E-state index in [9.17, 15) is 24.2 Å². The number of fused-ring (bicyclic) bond motifs is 2. The molecule has 0 amide bonds. The number of aliphatic carboxylic acids is 2. The third-order valence-corrected chi connectivity index (χ3v) is 9.65. The minimum Gasteiger partial charge on any atom is -0.497 e. The molecule has 8 nitrogen and oxygen atoms in total. The highest BCUT2D eigenvalue weighted by Gasteiger charge is 2.39. The van der Waals surface area contributed by atoms with E-state index >= 15 is 0 Å². The predicted octanol–water partition coefficient (Wildman–Crippen LogP) is 9.32. The smallest absolute Gasteiger partial charge is 0.326 e. The van der Waals surface area contributed by atoms with Crippen molar-refractivity contribution in [1.29, 1.82) is 0 Å². The highest BCUT2D eigenvalue weighted by Crippen LogP contribution is 2.45. The molecule has 0 saturated heterocycles. The Labute approximate surface area is 300 Å². The van der Waals surface area contributed by atoms with E-state index in [1.807, 2.05) is 111 Å². The number of carboxylic acids is 2. The van der Waals surface area contributed by atoms with E-state index in [1.54, 1.807) is 13.2 Å². The first-order chi connectivity index (χ1) is 24.5. The monoisotopic (exact) mass is 708 g/mol. The summed E-state index contributed by atoms with van der Waals surface area (Å²) in [5, 5.41) is 25.3. The number of carbonyl (C=O) groups is 2. The number of hydrogen-bond acceptors (Lipinski definition) is 6. The molecule has 2 heterocycles. The normalized spacial score (nSPS) is 20.2. The number of hydrogen-bond donors (Lipinski definition) is 4. The van der Waals surface area contributed by atoms with Gasteiger partial charge in [-0.15, -0.1) is 0 Å². The molecule has 5 aromatic carbocycles. The molecule has 0 bridgehead atoms. The van der Waals surface area contributed by atoms with Crippen molar-refractivity contribution in [3.8, 4) is 17.2 Å². The van der Waals surface area contributed by atoms with E-state index in [2.05, 4.69) is 10.6 Å². The molecule has 0 spiro atoms. The summed E-state index contributed by atoms with van der Waals surface area (Å²) in [7, 11) is 1.63. The summed E-state index contributed by atoms with van der Waals surface area (Å²) in [6.45, 7) is 3.94. The molecule has 0 fully saturated rings. The lowest BCUT2D eigenvalue weighted by Gasteiger charge is -2.37. The first-order valence-electron chi connectivity index (χ1n) is 16.6. The molecule has 2 aliphatic heterocycles. The quantitative estimate of drug-likeness (QED) is 0.132. The maximum atomic E-state index is 14.2. The minimum atomic E-state index is -0.988. The molecule has 10 heteroatoms. The van der Waals surface area contributed by atoms with Crippen LogP contribution in [0.5, 0.6) is 17.2 Å². The standard InChI is InChI=1S/C24H23NO4.C17H15ClFNO2/c1-15-22(16-8-10-17(28-2)11-9-16)20-14-19(29-18-6-4-3-5-7-18)12-13-21(20)25-23(15)24(26)27;1-9-3-2-4-10(5-9)12-8-15(17(21)22)20-16-13(12)6-11(18)7-14(16)19/h3-15,22-23,25H,1-2H3,(H,26,27);2-7,12,15,20H,8H2,1H3,(H,21,22). The third kappa shape index (κ3) is 7.79. The van der Waals surface area contributed by atoms with Crippen LogP contribution < -0.4 is 20.1 Å². The molecule has 0 aromatic heterocycles. The fraction of sp³-hybridized carbons (Fsp3) is 0.220. The van der Waals surface area contributed by atoms with Crippen molar-refractivity contribution < 1.29 is 33.7 Å². The Morgan fingerprint density at radius 2 is 1.51 bits per heavy atom. The topological polar surface area (TPSA) is 117 Å². The van der Waals surface area contributed by atoms with Gasteiger partial charge in [0.2, 0.25) is 0 Å². The number of nitrogens with one attached hydrogen (secondary N) is 2. The molecule has 0 radical (unpaired) electrons. The van der Waals surface area contributed by atoms with Crippen molar-refractivity contribution in [2.24, 2.45) is 5.92 Å². The molecule has 4 N–H and O–H groups in total. The Balaban J connectivity index is 0.000000183. The van der Waals surface area contributed by atoms with Crippen LogP contribution in [0.15, 0.2) is 109 Å². The van der Waals surface area contributed by atoms with Gasteiger partial charge in [0.15, 0.2) is 0 Å². The van der Waals surface area contributed by atoms with E-state index in [4.69, 9.17) is 21.1 Å². The summed E-state index contributed by atoms with van der Waals surface area (Å²) in [6.07, 6.45) is 0.353. The Morgan fingerprint density at radius 3 is 2.18 bits per heavy atom. The average molecular weight is 709 g/mol. The number of anilines is 2. The van der Waals surface area contributed by atoms with Gasteiger partial charge in [-0.25, -0.2) is 14.0 Å². The van der Waals surface area contributed by atoms with Gasteiger partial charge in [-0.3, -0.25) is 0 Å². The molecular formula is C41H38ClFN2O6. The number of halogens is 2. The highest BCUT2D eigenvalue weighted by molar-refractivity contribution is 6.30. The lowest BCUT2D eigenvalue weighted by molar-refractivity contribution is -0.139. The lowest BCUT2D eigenvalue weighted by Crippen LogP contribution is -2.42. The lowest BCUT2D eigenvalue weighted by atomic mass is 9.74. The van der Waals surface area contributed by atoms with Gasteiger partial charge >= 0.3 is 11.9 Å². The maximum absolute atomic E-state index is 14.2. The van der Waals surface area contributed by atoms with Gasteiger partial charge in [0.1, 0.15) is 35.1 Å². The first-order valence-corrected chi connectivity index (χ1v) is 16.9. The van der Waals surface area contributed by atoms with Gasteiger partial charge in [0.25, 0.3) is 0 Å². The number of carboxylic acid groups (broad SMARTS) is 2. The summed E-state index contributed by atoms with van der Waals surface area (Å²) in [6, 6.07) is 32.4. The molecule has 5 aromatic rings. The van der Waals surface area contributed by atoms with E-state index in [0.717, 1.165) is 45.2 Å². The second-order valence-electron chi connectivity index (χ2n) is 12.8. The highest BCUT2D eigenvalue weighted by atomic mass is 35.5. The molecule has 5 unspecified atom stereocenters. The Kier molecular flexibility index (Phi) is 10.5. The van der Waals surface area contributed by atoms with Crippen LogP contribution in [0, 0.1) is 18.7 Å². The Morgan fingerprint density at radius 1 is 0.784 bits per heavy atom. The van der Waals surface area contributed by atoms with E-state index < -0.39 is 29.8 Å². The average Bonchev–Trinajstić information content (AvgIpc) is 3.11. The van der Waals surface area contributed by atoms with Crippen molar-refractivity contribution in [2.45, 2.75) is 44.2 Å². The zero-order chi connectivity index (χ0) is 36.2. The Bertz CT molecular complexity index is 2040. The molecule has 7 rings (SSSR count). The molecular weight excluding hydrogens is 671 g/mol. The number of ether oxygens (including phenoxy) is 2. The summed E-state index contributed by atoms with van der Waals surface area (Å²) >= 11 is 5.98. The van der Waals surface area contributed by atoms with Crippen LogP contribution in [0.3, 0.4) is 0 Å². The maximum Gasteiger partial charge on any atom is 0.326 e. The second kappa shape index (κ2) is 15.1. The SMILES string of the molecule is COc1ccc(C2c3cc(Oc4ccccc4)ccc3NC(C(=O)O)C2C)cc1.Cc1cccc(C2CC(C(=O)O)Nc3c(F)cc(Cl)cc32)c1. The van der Waals surface area contributed by atoms with Crippen LogP contribution in [0.2, 0.25) is 5.02 Å². The molecule has 0 aliphatic carbocycles. The van der Waals surface area contributed by atoms with Crippen LogP contribution in [-0.2, 0) is 9.59 Å². The van der Waals surface area contributed by atoms with Crippen LogP contribution in [0.4, 0.5) is 15.8 Å². The van der Waals surface area contributed by atoms with Crippen molar-refractivity contribution in [3.05, 3.63) is 148 Å². The third-order valence-electron chi connectivity index (χ3n) is 9.43. The number of aryl methyl sites for hydroxylation is 1. The van der Waals surface area contributed by atoms with Crippen LogP contribution in [-0.4, -0.2) is 41.3 Å². The van der Waals surface area contributed by atoms with Crippen LogP contribution in [0.25, 0.3) is 0 Å². The summed E-state index contributed by atoms with van der Waals surface area (Å²) in [5.74, 6) is -0.560. The van der Waals surface area contributed by atoms with Gasteiger partial charge in [-0.05, 0) is 96.1 Å². The molecule has 5 atom stereocenters. The van der Waals surface area contributed by atoms with Crippen molar-refractivity contribution in [2.75, 3.05) is 17.7 Å². The number of rotatable bonds is 7. The van der Waals surface area contributed by atoms with Crippen molar-refractivity contribution in [3.63, 3.8) is 0 Å². The van der Waals surface area contributed by atoms with Gasteiger partial charge < -0.3 is 30.3 Å². The van der Waals surface area contributed by atoms with Gasteiger partial charge in [0.05, 0.1) is 12.8 Å². The van der Waals surface area contributed by atoms with E-state index in [0.29, 0.717) is 17.0 Å². The van der Waals surface area contributed by atoms with Crippen LogP contribution in [0.1, 0.15) is 53.0 Å². The zero-order valence-corrected chi connectivity index (χ0v) is 29.0. The van der Waals surface area contributed by atoms with Gasteiger partial charge in [-0.1, -0.05) is 78.7 Å². The molecule has 262 valence electrons. The molecule has 2 aliphatic rings. The van der Waals surface area contributed by atoms with Crippen LogP contribution >= 0.6 is 11.6 Å². The summed E-state index contributed by atoms with van der Waals surface area (Å²) in [5.41, 5.74) is 5.86. The molecule has 0 saturated carbocycles. The Hall–Kier alpha value is -5.54. The zero-order valence-electron chi connectivity index (χ0n) is 28.3. The van der Waals surface area contributed by atoms with E-state index in [-0.39, 0.29) is 23.4 Å². The summed E-state index contributed by atoms with van der Waals surface area (Å²) in [4.78, 5) is 23.2. The second-order valence-corrected chi connectivity index (χ2v) is 13.3. The van der Waals surface area contributed by atoms with Gasteiger partial charge in [-0.2, -0.15) is 0 Å². The first kappa shape index (κ1) is 35.3. The fourth-order valence-corrected chi connectivity index (χ4v) is 7.17. The number of methoxy groups -OCH3 is 1. The van der Waals surface area contributed by atoms with E-state index in [1.165, 1.54) is 6.07 Å². The van der Waals surface area contributed by atoms with Crippen molar-refractivity contribution in [1.82, 2.24) is 0 Å². The minimum absolute atomic E-state index is 0.0856. The van der Waals surface area contributed by atoms with Gasteiger partial charge in [0, 0.05) is 22.5 Å². The largest absolute Gasteiger partial charge is 0.497 e. The number of benzene rings is 5. The number of para-hydroxylation sites is 1. The fourth-order valence-electron chi connectivity index (χ4n) is 6.95. The predicted molar refractivity (Wildman–Crippen MR) is 196 cm³/mol. The molecule has 51 heavy (non-hydrogen) atoms. The summed E-state index contributed by atoms with van der Waals surface area (Å²) < 4.78 is 25.5.